The molecular formula is C13H14N4OS. The first-order valence-electron chi connectivity index (χ1n) is 6.14. The zero-order chi connectivity index (χ0) is 13.2. The molecule has 0 spiro atoms. The van der Waals surface area contributed by atoms with Crippen LogP contribution in [0.1, 0.15) is 23.2 Å². The maximum atomic E-state index is 12.1. The van der Waals surface area contributed by atoms with Crippen LogP contribution in [0.3, 0.4) is 0 Å². The van der Waals surface area contributed by atoms with E-state index in [2.05, 4.69) is 15.3 Å². The molecule has 2 aromatic heterocycles. The van der Waals surface area contributed by atoms with Crippen molar-refractivity contribution in [3.8, 4) is 0 Å². The zero-order valence-corrected chi connectivity index (χ0v) is 11.4. The number of carbonyl (C=O) groups is 1. The number of anilines is 1. The highest BCUT2D eigenvalue weighted by molar-refractivity contribution is 7.07. The van der Waals surface area contributed by atoms with Gasteiger partial charge in [0.2, 0.25) is 0 Å². The first-order chi connectivity index (χ1) is 9.22. The molecule has 2 aromatic rings. The van der Waals surface area contributed by atoms with Crippen LogP contribution in [-0.2, 0) is 7.05 Å². The molecule has 1 N–H and O–H groups in total. The zero-order valence-electron chi connectivity index (χ0n) is 10.5. The molecule has 19 heavy (non-hydrogen) atoms. The van der Waals surface area contributed by atoms with Crippen LogP contribution < -0.4 is 10.1 Å². The molecule has 1 saturated carbocycles. The lowest BCUT2D eigenvalue weighted by Gasteiger charge is -2.03. The fraction of sp³-hybridized carbons (Fsp3) is 0.308. The van der Waals surface area contributed by atoms with Gasteiger partial charge in [-0.2, -0.15) is 4.99 Å². The van der Waals surface area contributed by atoms with E-state index in [1.165, 1.54) is 24.2 Å². The van der Waals surface area contributed by atoms with E-state index in [0.29, 0.717) is 16.4 Å². The van der Waals surface area contributed by atoms with E-state index >= 15 is 0 Å². The fourth-order valence-electron chi connectivity index (χ4n) is 1.67. The lowest BCUT2D eigenvalue weighted by atomic mass is 10.2. The standard InChI is InChI=1S/C13H14N4OS/c1-17-6-7-19-13(17)16-12(18)9-4-5-14-11(8-9)15-10-2-3-10/h4-8,10H,2-3H2,1H3,(H,14,15). The predicted octanol–water partition coefficient (Wildman–Crippen LogP) is 1.80. The number of aromatic nitrogens is 2. The van der Waals surface area contributed by atoms with Crippen molar-refractivity contribution in [1.29, 1.82) is 0 Å². The van der Waals surface area contributed by atoms with Gasteiger partial charge in [0.05, 0.1) is 0 Å². The summed E-state index contributed by atoms with van der Waals surface area (Å²) in [4.78, 5) is 21.1. The van der Waals surface area contributed by atoms with Gasteiger partial charge < -0.3 is 9.88 Å². The van der Waals surface area contributed by atoms with E-state index in [1.54, 1.807) is 18.3 Å². The second-order valence-electron chi connectivity index (χ2n) is 4.56. The van der Waals surface area contributed by atoms with Crippen LogP contribution >= 0.6 is 11.3 Å². The van der Waals surface area contributed by atoms with E-state index in [9.17, 15) is 4.79 Å². The summed E-state index contributed by atoms with van der Waals surface area (Å²) >= 11 is 1.44. The Hall–Kier alpha value is -1.95. The summed E-state index contributed by atoms with van der Waals surface area (Å²) in [7, 11) is 1.87. The molecule has 0 aromatic carbocycles. The first-order valence-corrected chi connectivity index (χ1v) is 7.02. The summed E-state index contributed by atoms with van der Waals surface area (Å²) in [5.41, 5.74) is 0.562. The van der Waals surface area contributed by atoms with Crippen LogP contribution in [0.4, 0.5) is 5.82 Å². The predicted molar refractivity (Wildman–Crippen MR) is 74.1 cm³/mol. The molecule has 2 heterocycles. The molecule has 0 bridgehead atoms. The minimum atomic E-state index is -0.237. The van der Waals surface area contributed by atoms with Crippen molar-refractivity contribution >= 4 is 23.1 Å². The van der Waals surface area contributed by atoms with E-state index in [-0.39, 0.29) is 5.91 Å². The highest BCUT2D eigenvalue weighted by atomic mass is 32.1. The highest BCUT2D eigenvalue weighted by Gasteiger charge is 2.21. The van der Waals surface area contributed by atoms with Crippen LogP contribution in [0, 0.1) is 0 Å². The molecule has 5 nitrogen and oxygen atoms in total. The molecule has 0 radical (unpaired) electrons. The number of aryl methyl sites for hydroxylation is 1. The molecule has 1 aliphatic carbocycles. The van der Waals surface area contributed by atoms with E-state index in [4.69, 9.17) is 0 Å². The third kappa shape index (κ3) is 2.90. The van der Waals surface area contributed by atoms with Gasteiger partial charge in [-0.15, -0.1) is 11.3 Å². The SMILES string of the molecule is Cn1ccsc1=NC(=O)c1ccnc(NC2CC2)c1. The first kappa shape index (κ1) is 12.1. The number of nitrogens with one attached hydrogen (secondary N) is 1. The van der Waals surface area contributed by atoms with Crippen LogP contribution in [0.5, 0.6) is 0 Å². The van der Waals surface area contributed by atoms with Crippen molar-refractivity contribution in [3.05, 3.63) is 40.3 Å². The van der Waals surface area contributed by atoms with Crippen molar-refractivity contribution < 1.29 is 4.79 Å². The molecule has 0 saturated heterocycles. The van der Waals surface area contributed by atoms with Crippen LogP contribution in [0.25, 0.3) is 0 Å². The summed E-state index contributed by atoms with van der Waals surface area (Å²) < 4.78 is 1.83. The van der Waals surface area contributed by atoms with Gasteiger partial charge in [0.25, 0.3) is 5.91 Å². The van der Waals surface area contributed by atoms with Gasteiger partial charge >= 0.3 is 0 Å². The number of carbonyl (C=O) groups excluding carboxylic acids is 1. The number of amides is 1. The Balaban J connectivity index is 1.85. The molecule has 98 valence electrons. The molecule has 1 aliphatic rings. The van der Waals surface area contributed by atoms with Crippen LogP contribution in [0.15, 0.2) is 34.9 Å². The Morgan fingerprint density at radius 3 is 3.11 bits per heavy atom. The Morgan fingerprint density at radius 2 is 2.42 bits per heavy atom. The molecule has 1 fully saturated rings. The summed E-state index contributed by atoms with van der Waals surface area (Å²) in [6, 6.07) is 3.97. The number of thiazole rings is 1. The van der Waals surface area contributed by atoms with E-state index in [1.807, 2.05) is 23.2 Å². The second-order valence-corrected chi connectivity index (χ2v) is 5.43. The van der Waals surface area contributed by atoms with Gasteiger partial charge in [0.1, 0.15) is 5.82 Å². The third-order valence-corrected chi connectivity index (χ3v) is 3.74. The van der Waals surface area contributed by atoms with Gasteiger partial charge in [-0.1, -0.05) is 0 Å². The molecule has 0 atom stereocenters. The normalized spacial score (nSPS) is 15.5. The lowest BCUT2D eigenvalue weighted by molar-refractivity contribution is 0.0998. The van der Waals surface area contributed by atoms with Crippen molar-refractivity contribution in [3.63, 3.8) is 0 Å². The molecule has 3 rings (SSSR count). The van der Waals surface area contributed by atoms with Crippen molar-refractivity contribution in [2.45, 2.75) is 18.9 Å². The van der Waals surface area contributed by atoms with Crippen molar-refractivity contribution in [2.24, 2.45) is 12.0 Å². The fourth-order valence-corrected chi connectivity index (χ4v) is 2.39. The molecular weight excluding hydrogens is 260 g/mol. The second kappa shape index (κ2) is 4.97. The van der Waals surface area contributed by atoms with Crippen molar-refractivity contribution in [2.75, 3.05) is 5.32 Å². The number of pyridine rings is 1. The summed E-state index contributed by atoms with van der Waals surface area (Å²) in [6.07, 6.45) is 5.87. The Morgan fingerprint density at radius 1 is 1.58 bits per heavy atom. The summed E-state index contributed by atoms with van der Waals surface area (Å²) in [5.74, 6) is 0.512. The van der Waals surface area contributed by atoms with Crippen LogP contribution in [0.2, 0.25) is 0 Å². The largest absolute Gasteiger partial charge is 0.367 e. The molecule has 6 heteroatoms. The summed E-state index contributed by atoms with van der Waals surface area (Å²) in [5, 5.41) is 5.18. The number of hydrogen-bond donors (Lipinski definition) is 1. The minimum Gasteiger partial charge on any atom is -0.367 e. The average Bonchev–Trinajstić information content (AvgIpc) is 3.13. The molecule has 0 aliphatic heterocycles. The van der Waals surface area contributed by atoms with Gasteiger partial charge in [-0.25, -0.2) is 4.98 Å². The van der Waals surface area contributed by atoms with E-state index < -0.39 is 0 Å². The van der Waals surface area contributed by atoms with E-state index in [0.717, 1.165) is 5.82 Å². The topological polar surface area (TPSA) is 59.3 Å². The average molecular weight is 274 g/mol. The minimum absolute atomic E-state index is 0.237. The number of rotatable bonds is 3. The van der Waals surface area contributed by atoms with Gasteiger partial charge in [0, 0.05) is 36.4 Å². The monoisotopic (exact) mass is 274 g/mol. The third-order valence-electron chi connectivity index (χ3n) is 2.89. The quantitative estimate of drug-likeness (QED) is 0.928. The molecule has 1 amide bonds. The maximum Gasteiger partial charge on any atom is 0.279 e. The van der Waals surface area contributed by atoms with Gasteiger partial charge in [0.15, 0.2) is 4.80 Å². The van der Waals surface area contributed by atoms with Gasteiger partial charge in [-0.05, 0) is 25.0 Å². The smallest absolute Gasteiger partial charge is 0.279 e. The molecule has 0 unspecified atom stereocenters. The number of nitrogens with zero attached hydrogens (tertiary/aromatic N) is 3. The van der Waals surface area contributed by atoms with Crippen molar-refractivity contribution in [1.82, 2.24) is 9.55 Å². The number of hydrogen-bond acceptors (Lipinski definition) is 4. The van der Waals surface area contributed by atoms with Crippen LogP contribution in [-0.4, -0.2) is 21.5 Å². The Kier molecular flexibility index (Phi) is 3.16. The lowest BCUT2D eigenvalue weighted by Crippen LogP contribution is -2.13. The Bertz CT molecular complexity index is 669. The maximum absolute atomic E-state index is 12.1. The Labute approximate surface area is 114 Å². The van der Waals surface area contributed by atoms with Gasteiger partial charge in [-0.3, -0.25) is 4.79 Å². The highest BCUT2D eigenvalue weighted by Crippen LogP contribution is 2.23. The summed E-state index contributed by atoms with van der Waals surface area (Å²) in [6.45, 7) is 0.